The van der Waals surface area contributed by atoms with Crippen LogP contribution in [0.15, 0.2) is 18.2 Å². The fourth-order valence-corrected chi connectivity index (χ4v) is 2.58. The predicted octanol–water partition coefficient (Wildman–Crippen LogP) is 3.23. The van der Waals surface area contributed by atoms with Crippen LogP contribution in [0.1, 0.15) is 24.8 Å². The van der Waals surface area contributed by atoms with Gasteiger partial charge in [-0.05, 0) is 31.4 Å². The lowest BCUT2D eigenvalue weighted by Gasteiger charge is -2.25. The van der Waals surface area contributed by atoms with E-state index in [0.29, 0.717) is 13.1 Å². The summed E-state index contributed by atoms with van der Waals surface area (Å²) in [6, 6.07) is 2.05. The zero-order valence-electron chi connectivity index (χ0n) is 13.6. The van der Waals surface area contributed by atoms with Crippen LogP contribution in [0.4, 0.5) is 14.5 Å². The summed E-state index contributed by atoms with van der Waals surface area (Å²) < 4.78 is 34.0. The van der Waals surface area contributed by atoms with Gasteiger partial charge in [0.05, 0.1) is 23.7 Å². The Morgan fingerprint density at radius 1 is 1.28 bits per heavy atom. The first-order chi connectivity index (χ1) is 11.9. The van der Waals surface area contributed by atoms with Crippen LogP contribution in [0, 0.1) is 10.1 Å². The van der Waals surface area contributed by atoms with E-state index in [1.54, 1.807) is 4.90 Å². The minimum absolute atomic E-state index is 0.0637. The number of hydrogen-bond acceptors (Lipinski definition) is 5. The van der Waals surface area contributed by atoms with E-state index in [1.807, 2.05) is 0 Å². The molecule has 9 heteroatoms. The Morgan fingerprint density at radius 2 is 1.96 bits per heavy atom. The third-order valence-electron chi connectivity index (χ3n) is 3.80. The lowest BCUT2D eigenvalue weighted by atomic mass is 10.1. The number of benzene rings is 1. The summed E-state index contributed by atoms with van der Waals surface area (Å²) >= 11 is 0. The van der Waals surface area contributed by atoms with Gasteiger partial charge in [0.2, 0.25) is 5.91 Å². The molecule has 0 spiro atoms. The van der Waals surface area contributed by atoms with Gasteiger partial charge in [0.1, 0.15) is 0 Å². The molecule has 0 aliphatic carbocycles. The van der Waals surface area contributed by atoms with E-state index in [2.05, 4.69) is 4.74 Å². The number of methoxy groups -OCH3 is 1. The highest BCUT2D eigenvalue weighted by atomic mass is 19.3. The average Bonchev–Trinajstić information content (AvgIpc) is 2.60. The van der Waals surface area contributed by atoms with E-state index in [0.717, 1.165) is 25.3 Å². The molecule has 1 heterocycles. The largest absolute Gasteiger partial charge is 0.493 e. The quantitative estimate of drug-likeness (QED) is 0.444. The van der Waals surface area contributed by atoms with Crippen molar-refractivity contribution in [2.45, 2.75) is 25.9 Å². The molecular formula is C16H18F2N2O5. The maximum absolute atomic E-state index is 12.4. The molecule has 0 N–H and O–H groups in total. The van der Waals surface area contributed by atoms with Crippen LogP contribution in [0.25, 0.3) is 6.08 Å². The van der Waals surface area contributed by atoms with Gasteiger partial charge in [-0.1, -0.05) is 0 Å². The van der Waals surface area contributed by atoms with Crippen molar-refractivity contribution in [3.05, 3.63) is 33.9 Å². The maximum Gasteiger partial charge on any atom is 0.387 e. The summed E-state index contributed by atoms with van der Waals surface area (Å²) in [6.45, 7) is -1.85. The Balaban J connectivity index is 2.30. The van der Waals surface area contributed by atoms with Crippen LogP contribution < -0.4 is 9.47 Å². The summed E-state index contributed by atoms with van der Waals surface area (Å²) in [4.78, 5) is 24.3. The number of amides is 1. The Bertz CT molecular complexity index is 673. The molecule has 25 heavy (non-hydrogen) atoms. The number of hydrogen-bond donors (Lipinski definition) is 0. The summed E-state index contributed by atoms with van der Waals surface area (Å²) in [5.41, 5.74) is -0.395. The smallest absolute Gasteiger partial charge is 0.387 e. The zero-order valence-corrected chi connectivity index (χ0v) is 13.6. The highest BCUT2D eigenvalue weighted by Crippen LogP contribution is 2.36. The topological polar surface area (TPSA) is 81.9 Å². The number of likely N-dealkylation sites (tertiary alicyclic amines) is 1. The lowest BCUT2D eigenvalue weighted by Crippen LogP contribution is -2.34. The van der Waals surface area contributed by atoms with Gasteiger partial charge in [-0.2, -0.15) is 8.78 Å². The number of halogens is 2. The maximum atomic E-state index is 12.4. The molecule has 1 aliphatic heterocycles. The van der Waals surface area contributed by atoms with Crippen molar-refractivity contribution in [1.82, 2.24) is 4.90 Å². The number of piperidine rings is 1. The first kappa shape index (κ1) is 18.6. The first-order valence-electron chi connectivity index (χ1n) is 7.70. The van der Waals surface area contributed by atoms with Gasteiger partial charge in [-0.15, -0.1) is 0 Å². The van der Waals surface area contributed by atoms with E-state index >= 15 is 0 Å². The highest BCUT2D eigenvalue weighted by Gasteiger charge is 2.21. The molecule has 0 saturated carbocycles. The second kappa shape index (κ2) is 8.41. The number of alkyl halides is 2. The molecule has 136 valence electrons. The van der Waals surface area contributed by atoms with Crippen molar-refractivity contribution < 1.29 is 28.0 Å². The van der Waals surface area contributed by atoms with E-state index in [9.17, 15) is 23.7 Å². The van der Waals surface area contributed by atoms with Crippen molar-refractivity contribution >= 4 is 17.7 Å². The van der Waals surface area contributed by atoms with Gasteiger partial charge < -0.3 is 14.4 Å². The van der Waals surface area contributed by atoms with Crippen molar-refractivity contribution in [3.63, 3.8) is 0 Å². The van der Waals surface area contributed by atoms with Crippen LogP contribution in [-0.4, -0.2) is 42.5 Å². The molecular weight excluding hydrogens is 338 g/mol. The summed E-state index contributed by atoms with van der Waals surface area (Å²) in [5.74, 6) is -0.777. The Kier molecular flexibility index (Phi) is 6.26. The van der Waals surface area contributed by atoms with E-state index < -0.39 is 23.0 Å². The van der Waals surface area contributed by atoms with Gasteiger partial charge in [0.25, 0.3) is 5.69 Å². The molecule has 1 aromatic rings. The second-order valence-electron chi connectivity index (χ2n) is 5.42. The number of carbonyl (C=O) groups excluding carboxylic acids is 1. The Morgan fingerprint density at radius 3 is 2.52 bits per heavy atom. The average molecular weight is 356 g/mol. The van der Waals surface area contributed by atoms with E-state index in [1.165, 1.54) is 25.3 Å². The highest BCUT2D eigenvalue weighted by molar-refractivity contribution is 5.92. The molecule has 7 nitrogen and oxygen atoms in total. The first-order valence-corrected chi connectivity index (χ1v) is 7.70. The summed E-state index contributed by atoms with van der Waals surface area (Å²) in [5, 5.41) is 11.2. The molecule has 1 fully saturated rings. The standard InChI is InChI=1S/C16H18F2N2O5/c1-24-13-9-11(5-6-15(21)19-7-3-2-4-8-19)12(20(22)23)10-14(13)25-16(17)18/h5-6,9-10,16H,2-4,7-8H2,1H3/b6-5+. The number of nitro benzene ring substituents is 1. The normalized spacial score (nSPS) is 14.8. The lowest BCUT2D eigenvalue weighted by molar-refractivity contribution is -0.385. The zero-order chi connectivity index (χ0) is 18.4. The number of carbonyl (C=O) groups is 1. The third-order valence-corrected chi connectivity index (χ3v) is 3.80. The number of rotatable bonds is 6. The van der Waals surface area contributed by atoms with Crippen molar-refractivity contribution in [2.75, 3.05) is 20.2 Å². The molecule has 0 atom stereocenters. The monoisotopic (exact) mass is 356 g/mol. The van der Waals surface area contributed by atoms with Gasteiger partial charge in [0.15, 0.2) is 11.5 Å². The van der Waals surface area contributed by atoms with Crippen molar-refractivity contribution in [3.8, 4) is 11.5 Å². The molecule has 0 bridgehead atoms. The molecule has 1 aliphatic rings. The molecule has 0 aromatic heterocycles. The SMILES string of the molecule is COc1cc(/C=C/C(=O)N2CCCCC2)c([N+](=O)[O-])cc1OC(F)F. The van der Waals surface area contributed by atoms with Crippen LogP contribution in [0.3, 0.4) is 0 Å². The van der Waals surface area contributed by atoms with Crippen molar-refractivity contribution in [1.29, 1.82) is 0 Å². The second-order valence-corrected chi connectivity index (χ2v) is 5.42. The van der Waals surface area contributed by atoms with E-state index in [4.69, 9.17) is 4.74 Å². The third kappa shape index (κ3) is 4.88. The van der Waals surface area contributed by atoms with Crippen LogP contribution in [0.2, 0.25) is 0 Å². The fourth-order valence-electron chi connectivity index (χ4n) is 2.58. The van der Waals surface area contributed by atoms with Gasteiger partial charge in [-0.25, -0.2) is 0 Å². The van der Waals surface area contributed by atoms with Gasteiger partial charge in [-0.3, -0.25) is 14.9 Å². The van der Waals surface area contributed by atoms with Crippen LogP contribution >= 0.6 is 0 Å². The Labute approximate surface area is 143 Å². The number of ether oxygens (including phenoxy) is 2. The van der Waals surface area contributed by atoms with Gasteiger partial charge in [0, 0.05) is 19.2 Å². The molecule has 1 aromatic carbocycles. The molecule has 1 saturated heterocycles. The van der Waals surface area contributed by atoms with Crippen molar-refractivity contribution in [2.24, 2.45) is 0 Å². The minimum atomic E-state index is -3.14. The number of nitro groups is 1. The fraction of sp³-hybridized carbons (Fsp3) is 0.438. The van der Waals surface area contributed by atoms with Crippen LogP contribution in [0.5, 0.6) is 11.5 Å². The predicted molar refractivity (Wildman–Crippen MR) is 85.7 cm³/mol. The van der Waals surface area contributed by atoms with Gasteiger partial charge >= 0.3 is 6.61 Å². The number of nitrogens with zero attached hydrogens (tertiary/aromatic N) is 2. The Hall–Kier alpha value is -2.71. The molecule has 2 rings (SSSR count). The summed E-state index contributed by atoms with van der Waals surface area (Å²) in [7, 11) is 1.23. The van der Waals surface area contributed by atoms with Crippen LogP contribution in [-0.2, 0) is 4.79 Å². The summed E-state index contributed by atoms with van der Waals surface area (Å²) in [6.07, 6.45) is 5.44. The molecule has 0 unspecified atom stereocenters. The molecule has 0 radical (unpaired) electrons. The van der Waals surface area contributed by atoms with E-state index in [-0.39, 0.29) is 17.2 Å². The minimum Gasteiger partial charge on any atom is -0.493 e. The molecule has 1 amide bonds.